The van der Waals surface area contributed by atoms with Crippen molar-refractivity contribution in [3.8, 4) is 6.07 Å². The monoisotopic (exact) mass is 240 g/mol. The highest BCUT2D eigenvalue weighted by molar-refractivity contribution is 5.85. The van der Waals surface area contributed by atoms with Crippen LogP contribution in [0.1, 0.15) is 38.5 Å². The minimum Gasteiger partial charge on any atom is -0.394 e. The third-order valence-corrected chi connectivity index (χ3v) is 3.31. The highest BCUT2D eigenvalue weighted by Crippen LogP contribution is 2.34. The number of aliphatic hydroxyl groups excluding tert-OH is 2. The van der Waals surface area contributed by atoms with Crippen molar-refractivity contribution in [1.82, 2.24) is 5.32 Å². The van der Waals surface area contributed by atoms with Crippen LogP contribution in [0, 0.1) is 16.7 Å². The Labute approximate surface area is 101 Å². The van der Waals surface area contributed by atoms with E-state index in [2.05, 4.69) is 11.4 Å². The predicted octanol–water partition coefficient (Wildman–Crippen LogP) is 0.320. The van der Waals surface area contributed by atoms with Crippen molar-refractivity contribution < 1.29 is 15.0 Å². The van der Waals surface area contributed by atoms with E-state index in [1.165, 1.54) is 0 Å². The molecule has 0 aliphatic heterocycles. The summed E-state index contributed by atoms with van der Waals surface area (Å²) in [6, 6.07) is 2.14. The molecule has 1 aliphatic rings. The maximum atomic E-state index is 12.0. The third-order valence-electron chi connectivity index (χ3n) is 3.31. The molecule has 0 bridgehead atoms. The van der Waals surface area contributed by atoms with Crippen molar-refractivity contribution in [2.45, 2.75) is 44.6 Å². The molecule has 0 aromatic carbocycles. The molecule has 0 aromatic rings. The Morgan fingerprint density at radius 1 is 1.35 bits per heavy atom. The summed E-state index contributed by atoms with van der Waals surface area (Å²) in [5, 5.41) is 29.6. The van der Waals surface area contributed by atoms with Crippen LogP contribution in [0.2, 0.25) is 0 Å². The van der Waals surface area contributed by atoms with Crippen molar-refractivity contribution in [3.05, 3.63) is 0 Å². The lowest BCUT2D eigenvalue weighted by Gasteiger charge is -2.24. The van der Waals surface area contributed by atoms with Gasteiger partial charge in [-0.05, 0) is 12.8 Å². The fourth-order valence-electron chi connectivity index (χ4n) is 2.17. The Balaban J connectivity index is 2.59. The molecule has 1 saturated carbocycles. The van der Waals surface area contributed by atoms with Crippen molar-refractivity contribution >= 4 is 5.91 Å². The van der Waals surface area contributed by atoms with E-state index in [1.807, 2.05) is 0 Å². The molecule has 1 aliphatic carbocycles. The molecule has 1 fully saturated rings. The Bertz CT molecular complexity index is 291. The summed E-state index contributed by atoms with van der Waals surface area (Å²) in [5.41, 5.74) is -0.939. The summed E-state index contributed by atoms with van der Waals surface area (Å²) in [5.74, 6) is -0.311. The van der Waals surface area contributed by atoms with Crippen molar-refractivity contribution in [1.29, 1.82) is 5.26 Å². The van der Waals surface area contributed by atoms with Crippen LogP contribution in [0.25, 0.3) is 0 Å². The molecular weight excluding hydrogens is 220 g/mol. The van der Waals surface area contributed by atoms with E-state index in [0.717, 1.165) is 25.7 Å². The summed E-state index contributed by atoms with van der Waals surface area (Å²) in [7, 11) is 0. The number of aliphatic hydroxyl groups is 2. The van der Waals surface area contributed by atoms with E-state index in [1.54, 1.807) is 0 Å². The number of amides is 1. The van der Waals surface area contributed by atoms with Crippen LogP contribution < -0.4 is 5.32 Å². The van der Waals surface area contributed by atoms with Crippen LogP contribution in [0.15, 0.2) is 0 Å². The number of hydrogen-bond donors (Lipinski definition) is 3. The molecule has 1 rings (SSSR count). The zero-order valence-electron chi connectivity index (χ0n) is 9.98. The van der Waals surface area contributed by atoms with Gasteiger partial charge >= 0.3 is 0 Å². The van der Waals surface area contributed by atoms with Gasteiger partial charge in [0, 0.05) is 6.54 Å². The molecule has 96 valence electrons. The average Bonchev–Trinajstić information content (AvgIpc) is 2.61. The van der Waals surface area contributed by atoms with Crippen LogP contribution >= 0.6 is 0 Å². The average molecular weight is 240 g/mol. The molecule has 0 radical (unpaired) electrons. The Kier molecular flexibility index (Phi) is 5.39. The fourth-order valence-corrected chi connectivity index (χ4v) is 2.17. The number of nitrogens with one attached hydrogen (secondary N) is 1. The summed E-state index contributed by atoms with van der Waals surface area (Å²) < 4.78 is 0. The minimum atomic E-state index is -0.958. The normalized spacial score (nSPS) is 21.0. The summed E-state index contributed by atoms with van der Waals surface area (Å²) in [4.78, 5) is 12.0. The number of hydrogen-bond acceptors (Lipinski definition) is 4. The first-order valence-electron chi connectivity index (χ1n) is 6.13. The first-order valence-corrected chi connectivity index (χ1v) is 6.13. The van der Waals surface area contributed by atoms with Crippen molar-refractivity contribution in [3.63, 3.8) is 0 Å². The second kappa shape index (κ2) is 6.58. The largest absolute Gasteiger partial charge is 0.394 e. The molecule has 0 spiro atoms. The van der Waals surface area contributed by atoms with Crippen molar-refractivity contribution in [2.24, 2.45) is 5.41 Å². The van der Waals surface area contributed by atoms with E-state index in [9.17, 15) is 10.1 Å². The van der Waals surface area contributed by atoms with Gasteiger partial charge in [0.1, 0.15) is 5.41 Å². The molecular formula is C12H20N2O3. The first kappa shape index (κ1) is 13.9. The second-order valence-electron chi connectivity index (χ2n) is 4.65. The number of carbonyl (C=O) groups excluding carboxylic acids is 1. The molecule has 0 aromatic heterocycles. The number of rotatable bonds is 4. The molecule has 0 heterocycles. The number of nitrogens with zero attached hydrogens (tertiary/aromatic N) is 1. The van der Waals surface area contributed by atoms with E-state index < -0.39 is 11.5 Å². The van der Waals surface area contributed by atoms with Crippen LogP contribution in [0.3, 0.4) is 0 Å². The molecule has 1 atom stereocenters. The van der Waals surface area contributed by atoms with E-state index in [-0.39, 0.29) is 19.1 Å². The SMILES string of the molecule is N#CC1(C(=O)NCC(O)CO)CCCCCC1. The summed E-state index contributed by atoms with van der Waals surface area (Å²) >= 11 is 0. The fraction of sp³-hybridized carbons (Fsp3) is 0.833. The van der Waals surface area contributed by atoms with Gasteiger partial charge in [0.05, 0.1) is 18.8 Å². The molecule has 1 amide bonds. The summed E-state index contributed by atoms with van der Waals surface area (Å²) in [6.07, 6.45) is 4.13. The Hall–Kier alpha value is -1.12. The number of nitriles is 1. The van der Waals surface area contributed by atoms with Crippen LogP contribution in [0.4, 0.5) is 0 Å². The van der Waals surface area contributed by atoms with Gasteiger partial charge in [-0.15, -0.1) is 0 Å². The third kappa shape index (κ3) is 3.69. The minimum absolute atomic E-state index is 0.00123. The molecule has 17 heavy (non-hydrogen) atoms. The highest BCUT2D eigenvalue weighted by Gasteiger charge is 2.38. The van der Waals surface area contributed by atoms with Gasteiger partial charge in [-0.25, -0.2) is 0 Å². The van der Waals surface area contributed by atoms with Crippen molar-refractivity contribution in [2.75, 3.05) is 13.2 Å². The van der Waals surface area contributed by atoms with E-state index in [0.29, 0.717) is 12.8 Å². The van der Waals surface area contributed by atoms with Gasteiger partial charge in [0.15, 0.2) is 0 Å². The molecule has 1 unspecified atom stereocenters. The summed E-state index contributed by atoms with van der Waals surface area (Å²) in [6.45, 7) is -0.390. The Morgan fingerprint density at radius 3 is 2.41 bits per heavy atom. The van der Waals surface area contributed by atoms with Crippen LogP contribution in [-0.4, -0.2) is 35.4 Å². The topological polar surface area (TPSA) is 93.4 Å². The lowest BCUT2D eigenvalue weighted by molar-refractivity contribution is -0.129. The zero-order chi connectivity index (χ0) is 12.7. The Morgan fingerprint density at radius 2 is 1.94 bits per heavy atom. The molecule has 3 N–H and O–H groups in total. The lowest BCUT2D eigenvalue weighted by atomic mass is 9.81. The van der Waals surface area contributed by atoms with E-state index >= 15 is 0 Å². The van der Waals surface area contributed by atoms with Crippen LogP contribution in [0.5, 0.6) is 0 Å². The van der Waals surface area contributed by atoms with Gasteiger partial charge in [-0.2, -0.15) is 5.26 Å². The molecule has 5 nitrogen and oxygen atoms in total. The second-order valence-corrected chi connectivity index (χ2v) is 4.65. The predicted molar refractivity (Wildman–Crippen MR) is 61.9 cm³/mol. The maximum absolute atomic E-state index is 12.0. The highest BCUT2D eigenvalue weighted by atomic mass is 16.3. The standard InChI is InChI=1S/C12H20N2O3/c13-9-12(5-3-1-2-4-6-12)11(17)14-7-10(16)8-15/h10,15-16H,1-8H2,(H,14,17). The van der Waals surface area contributed by atoms with Gasteiger partial charge in [-0.1, -0.05) is 25.7 Å². The zero-order valence-corrected chi connectivity index (χ0v) is 9.98. The van der Waals surface area contributed by atoms with Gasteiger partial charge in [-0.3, -0.25) is 4.79 Å². The molecule has 5 heteroatoms. The van der Waals surface area contributed by atoms with E-state index in [4.69, 9.17) is 10.2 Å². The number of carbonyl (C=O) groups is 1. The van der Waals surface area contributed by atoms with Gasteiger partial charge < -0.3 is 15.5 Å². The van der Waals surface area contributed by atoms with Gasteiger partial charge in [0.25, 0.3) is 0 Å². The maximum Gasteiger partial charge on any atom is 0.240 e. The van der Waals surface area contributed by atoms with Crippen LogP contribution in [-0.2, 0) is 4.79 Å². The quantitative estimate of drug-likeness (QED) is 0.617. The first-order chi connectivity index (χ1) is 8.14. The lowest BCUT2D eigenvalue weighted by Crippen LogP contribution is -2.43. The molecule has 0 saturated heterocycles. The van der Waals surface area contributed by atoms with Gasteiger partial charge in [0.2, 0.25) is 5.91 Å². The smallest absolute Gasteiger partial charge is 0.240 e.